The van der Waals surface area contributed by atoms with Crippen LogP contribution in [0.3, 0.4) is 0 Å². The number of anilines is 1. The van der Waals surface area contributed by atoms with E-state index in [2.05, 4.69) is 20.6 Å². The summed E-state index contributed by atoms with van der Waals surface area (Å²) in [6.07, 6.45) is 0. The molecular formula is C11H14ClN5OS. The predicted octanol–water partition coefficient (Wildman–Crippen LogP) is 2.84. The summed E-state index contributed by atoms with van der Waals surface area (Å²) in [6.45, 7) is 7.85. The van der Waals surface area contributed by atoms with Crippen LogP contribution < -0.4 is 5.32 Å². The van der Waals surface area contributed by atoms with Crippen LogP contribution in [0.15, 0.2) is 0 Å². The second-order valence-electron chi connectivity index (χ2n) is 4.40. The summed E-state index contributed by atoms with van der Waals surface area (Å²) in [6, 6.07) is 0.236. The maximum absolute atomic E-state index is 12.0. The smallest absolute Gasteiger partial charge is 0.286 e. The first-order valence-corrected chi connectivity index (χ1v) is 6.95. The molecule has 2 rings (SSSR count). The number of aromatic nitrogens is 4. The van der Waals surface area contributed by atoms with E-state index in [9.17, 15) is 4.79 Å². The van der Waals surface area contributed by atoms with Crippen molar-refractivity contribution in [1.29, 1.82) is 0 Å². The van der Waals surface area contributed by atoms with Crippen LogP contribution in [0.1, 0.15) is 41.1 Å². The van der Waals surface area contributed by atoms with Crippen LogP contribution in [0.25, 0.3) is 0 Å². The van der Waals surface area contributed by atoms with Crippen LogP contribution in [-0.4, -0.2) is 25.9 Å². The number of nitrogens with one attached hydrogen (secondary N) is 1. The van der Waals surface area contributed by atoms with Gasteiger partial charge in [-0.1, -0.05) is 11.3 Å². The monoisotopic (exact) mass is 299 g/mol. The number of carbonyl (C=O) groups excluding carboxylic acids is 1. The first-order chi connectivity index (χ1) is 8.90. The number of halogens is 1. The number of hydrogen-bond acceptors (Lipinski definition) is 5. The summed E-state index contributed by atoms with van der Waals surface area (Å²) in [4.78, 5) is 12.0. The van der Waals surface area contributed by atoms with Gasteiger partial charge in [-0.25, -0.2) is 0 Å². The van der Waals surface area contributed by atoms with Gasteiger partial charge in [0.2, 0.25) is 9.47 Å². The standard InChI is InChI=1S/C11H14ClN5OS/c1-5(2)17-7(4)8(6(3)16-17)13-9(18)10-14-15-11(12)19-10/h5H,1-4H3,(H,13,18). The van der Waals surface area contributed by atoms with Crippen LogP contribution in [0.4, 0.5) is 5.69 Å². The van der Waals surface area contributed by atoms with Gasteiger partial charge >= 0.3 is 0 Å². The lowest BCUT2D eigenvalue weighted by Gasteiger charge is -2.08. The second-order valence-corrected chi connectivity index (χ2v) is 5.96. The molecule has 2 heterocycles. The highest BCUT2D eigenvalue weighted by molar-refractivity contribution is 7.17. The third-order valence-corrected chi connectivity index (χ3v) is 3.66. The van der Waals surface area contributed by atoms with Crippen LogP contribution in [-0.2, 0) is 0 Å². The Balaban J connectivity index is 2.26. The molecule has 1 N–H and O–H groups in total. The van der Waals surface area contributed by atoms with Crippen LogP contribution in [0.5, 0.6) is 0 Å². The van der Waals surface area contributed by atoms with Crippen molar-refractivity contribution >= 4 is 34.5 Å². The van der Waals surface area contributed by atoms with Gasteiger partial charge in [0.1, 0.15) is 0 Å². The first kappa shape index (κ1) is 14.0. The van der Waals surface area contributed by atoms with E-state index in [-0.39, 0.29) is 21.4 Å². The van der Waals surface area contributed by atoms with E-state index in [0.29, 0.717) is 5.69 Å². The Morgan fingerprint density at radius 2 is 2.05 bits per heavy atom. The number of aryl methyl sites for hydroxylation is 1. The number of amides is 1. The highest BCUT2D eigenvalue weighted by Crippen LogP contribution is 2.24. The van der Waals surface area contributed by atoms with Crippen molar-refractivity contribution in [3.05, 3.63) is 20.9 Å². The van der Waals surface area contributed by atoms with Gasteiger partial charge in [-0.15, -0.1) is 10.2 Å². The third kappa shape index (κ3) is 2.76. The van der Waals surface area contributed by atoms with E-state index in [1.165, 1.54) is 0 Å². The van der Waals surface area contributed by atoms with Crippen molar-refractivity contribution in [3.8, 4) is 0 Å². The molecule has 0 aromatic carbocycles. The highest BCUT2D eigenvalue weighted by atomic mass is 35.5. The number of nitrogens with zero attached hydrogens (tertiary/aromatic N) is 4. The molecule has 0 aliphatic heterocycles. The van der Waals surface area contributed by atoms with Gasteiger partial charge in [-0.2, -0.15) is 5.10 Å². The number of hydrogen-bond donors (Lipinski definition) is 1. The largest absolute Gasteiger partial charge is 0.317 e. The normalized spacial score (nSPS) is 11.1. The van der Waals surface area contributed by atoms with Crippen LogP contribution in [0, 0.1) is 13.8 Å². The summed E-state index contributed by atoms with van der Waals surface area (Å²) >= 11 is 6.71. The fourth-order valence-electron chi connectivity index (χ4n) is 1.81. The maximum Gasteiger partial charge on any atom is 0.286 e. The zero-order valence-corrected chi connectivity index (χ0v) is 12.6. The molecule has 0 fully saturated rings. The Labute approximate surface area is 119 Å². The molecule has 0 radical (unpaired) electrons. The van der Waals surface area contributed by atoms with Crippen molar-refractivity contribution in [2.24, 2.45) is 0 Å². The van der Waals surface area contributed by atoms with Crippen molar-refractivity contribution in [2.75, 3.05) is 5.32 Å². The fraction of sp³-hybridized carbons (Fsp3) is 0.455. The zero-order valence-electron chi connectivity index (χ0n) is 11.1. The third-order valence-electron chi connectivity index (χ3n) is 2.65. The van der Waals surface area contributed by atoms with Crippen LogP contribution >= 0.6 is 22.9 Å². The molecule has 0 saturated carbocycles. The molecule has 0 aliphatic rings. The molecule has 1 amide bonds. The SMILES string of the molecule is Cc1nn(C(C)C)c(C)c1NC(=O)c1nnc(Cl)s1. The van der Waals surface area contributed by atoms with Gasteiger partial charge in [0.15, 0.2) is 0 Å². The molecule has 102 valence electrons. The molecule has 0 saturated heterocycles. The summed E-state index contributed by atoms with van der Waals surface area (Å²) in [5.74, 6) is -0.320. The number of rotatable bonds is 3. The number of carbonyl (C=O) groups is 1. The molecule has 2 aromatic heterocycles. The van der Waals surface area contributed by atoms with Gasteiger partial charge in [-0.05, 0) is 39.3 Å². The van der Waals surface area contributed by atoms with Gasteiger partial charge < -0.3 is 5.32 Å². The molecule has 8 heteroatoms. The molecule has 0 bridgehead atoms. The van der Waals surface area contributed by atoms with Crippen molar-refractivity contribution in [1.82, 2.24) is 20.0 Å². The van der Waals surface area contributed by atoms with E-state index in [0.717, 1.165) is 22.7 Å². The Kier molecular flexibility index (Phi) is 3.86. The minimum Gasteiger partial charge on any atom is -0.317 e. The van der Waals surface area contributed by atoms with Crippen molar-refractivity contribution in [3.63, 3.8) is 0 Å². The van der Waals surface area contributed by atoms with Gasteiger partial charge in [0, 0.05) is 6.04 Å². The Morgan fingerprint density at radius 1 is 1.37 bits per heavy atom. The first-order valence-electron chi connectivity index (χ1n) is 5.76. The molecule has 0 unspecified atom stereocenters. The molecule has 6 nitrogen and oxygen atoms in total. The maximum atomic E-state index is 12.0. The summed E-state index contributed by atoms with van der Waals surface area (Å²) in [7, 11) is 0. The Morgan fingerprint density at radius 3 is 2.53 bits per heavy atom. The Hall–Kier alpha value is -1.47. The second kappa shape index (κ2) is 5.26. The Bertz CT molecular complexity index is 619. The average Bonchev–Trinajstić information content (AvgIpc) is 2.87. The molecule has 0 aliphatic carbocycles. The topological polar surface area (TPSA) is 72.7 Å². The molecular weight excluding hydrogens is 286 g/mol. The zero-order chi connectivity index (χ0) is 14.2. The van der Waals surface area contributed by atoms with E-state index in [4.69, 9.17) is 11.6 Å². The van der Waals surface area contributed by atoms with Gasteiger partial charge in [0.05, 0.1) is 17.1 Å². The summed E-state index contributed by atoms with van der Waals surface area (Å²) < 4.78 is 2.12. The quantitative estimate of drug-likeness (QED) is 0.946. The summed E-state index contributed by atoms with van der Waals surface area (Å²) in [5.41, 5.74) is 2.40. The predicted molar refractivity (Wildman–Crippen MR) is 75.0 cm³/mol. The lowest BCUT2D eigenvalue weighted by Crippen LogP contribution is -2.13. The minimum absolute atomic E-state index is 0.236. The van der Waals surface area contributed by atoms with Crippen molar-refractivity contribution < 1.29 is 4.79 Å². The molecule has 0 atom stereocenters. The highest BCUT2D eigenvalue weighted by Gasteiger charge is 2.18. The van der Waals surface area contributed by atoms with Gasteiger partial charge in [0.25, 0.3) is 5.91 Å². The average molecular weight is 300 g/mol. The lowest BCUT2D eigenvalue weighted by molar-refractivity contribution is 0.102. The minimum atomic E-state index is -0.320. The fourth-order valence-corrected chi connectivity index (χ4v) is 2.53. The molecule has 19 heavy (non-hydrogen) atoms. The summed E-state index contributed by atoms with van der Waals surface area (Å²) in [5, 5.41) is 14.8. The van der Waals surface area contributed by atoms with E-state index in [1.54, 1.807) is 0 Å². The van der Waals surface area contributed by atoms with Crippen molar-refractivity contribution in [2.45, 2.75) is 33.7 Å². The van der Waals surface area contributed by atoms with E-state index < -0.39 is 0 Å². The van der Waals surface area contributed by atoms with Crippen LogP contribution in [0.2, 0.25) is 4.47 Å². The van der Waals surface area contributed by atoms with Gasteiger partial charge in [-0.3, -0.25) is 9.48 Å². The van der Waals surface area contributed by atoms with E-state index >= 15 is 0 Å². The molecule has 2 aromatic rings. The molecule has 0 spiro atoms. The lowest BCUT2D eigenvalue weighted by atomic mass is 10.3. The van der Waals surface area contributed by atoms with E-state index in [1.807, 2.05) is 32.4 Å².